The van der Waals surface area contributed by atoms with Crippen molar-refractivity contribution in [2.45, 2.75) is 6.61 Å². The fourth-order valence-corrected chi connectivity index (χ4v) is 2.82. The van der Waals surface area contributed by atoms with E-state index < -0.39 is 0 Å². The number of thiophene rings is 2. The zero-order valence-electron chi connectivity index (χ0n) is 10.4. The standard InChI is InChI=1S/C13H11N3O2S2/c14-12(9-3-5-19-8-9)16-18-7-10-6-17-13(15-10)11-2-1-4-20-11/h1-6,8H,7H2,(H2,14,16). The molecule has 0 unspecified atom stereocenters. The molecule has 3 aromatic rings. The van der Waals surface area contributed by atoms with Crippen molar-refractivity contribution in [3.05, 3.63) is 51.9 Å². The van der Waals surface area contributed by atoms with Crippen LogP contribution in [0.2, 0.25) is 0 Å². The number of nitrogens with zero attached hydrogens (tertiary/aromatic N) is 2. The topological polar surface area (TPSA) is 73.6 Å². The summed E-state index contributed by atoms with van der Waals surface area (Å²) in [7, 11) is 0. The lowest BCUT2D eigenvalue weighted by Crippen LogP contribution is -2.12. The second kappa shape index (κ2) is 5.89. The van der Waals surface area contributed by atoms with Crippen LogP contribution in [-0.4, -0.2) is 10.8 Å². The predicted molar refractivity (Wildman–Crippen MR) is 79.6 cm³/mol. The molecule has 3 rings (SSSR count). The van der Waals surface area contributed by atoms with Crippen molar-refractivity contribution >= 4 is 28.5 Å². The molecule has 0 bridgehead atoms. The fourth-order valence-electron chi connectivity index (χ4n) is 1.52. The lowest BCUT2D eigenvalue weighted by atomic mass is 10.3. The first-order valence-electron chi connectivity index (χ1n) is 5.79. The summed E-state index contributed by atoms with van der Waals surface area (Å²) < 4.78 is 5.38. The lowest BCUT2D eigenvalue weighted by Gasteiger charge is -1.97. The van der Waals surface area contributed by atoms with Crippen molar-refractivity contribution in [1.29, 1.82) is 0 Å². The van der Waals surface area contributed by atoms with E-state index in [1.165, 1.54) is 0 Å². The van der Waals surface area contributed by atoms with Gasteiger partial charge in [-0.3, -0.25) is 0 Å². The molecule has 0 saturated carbocycles. The number of hydrogen-bond donors (Lipinski definition) is 1. The molecule has 20 heavy (non-hydrogen) atoms. The number of aromatic nitrogens is 1. The largest absolute Gasteiger partial charge is 0.443 e. The van der Waals surface area contributed by atoms with Crippen LogP contribution in [0.25, 0.3) is 10.8 Å². The van der Waals surface area contributed by atoms with Crippen LogP contribution in [0.4, 0.5) is 0 Å². The Balaban J connectivity index is 1.61. The van der Waals surface area contributed by atoms with Crippen molar-refractivity contribution in [2.24, 2.45) is 10.9 Å². The number of oxime groups is 1. The van der Waals surface area contributed by atoms with Crippen LogP contribution in [0.3, 0.4) is 0 Å². The summed E-state index contributed by atoms with van der Waals surface area (Å²) in [6, 6.07) is 5.79. The minimum Gasteiger partial charge on any atom is -0.443 e. The lowest BCUT2D eigenvalue weighted by molar-refractivity contribution is 0.127. The minimum absolute atomic E-state index is 0.222. The molecule has 0 aromatic carbocycles. The molecule has 0 radical (unpaired) electrons. The highest BCUT2D eigenvalue weighted by molar-refractivity contribution is 7.13. The van der Waals surface area contributed by atoms with Crippen LogP contribution in [0.1, 0.15) is 11.3 Å². The molecular weight excluding hydrogens is 294 g/mol. The molecule has 5 nitrogen and oxygen atoms in total. The molecule has 102 valence electrons. The van der Waals surface area contributed by atoms with Crippen LogP contribution < -0.4 is 5.73 Å². The van der Waals surface area contributed by atoms with Crippen molar-refractivity contribution in [3.8, 4) is 10.8 Å². The highest BCUT2D eigenvalue weighted by Gasteiger charge is 2.07. The van der Waals surface area contributed by atoms with Gasteiger partial charge in [0.05, 0.1) is 4.88 Å². The maximum Gasteiger partial charge on any atom is 0.236 e. The third-order valence-corrected chi connectivity index (χ3v) is 4.02. The molecule has 7 heteroatoms. The molecule has 3 heterocycles. The highest BCUT2D eigenvalue weighted by atomic mass is 32.1. The second-order valence-corrected chi connectivity index (χ2v) is 5.61. The van der Waals surface area contributed by atoms with Gasteiger partial charge in [0, 0.05) is 10.9 Å². The number of oxazole rings is 1. The van der Waals surface area contributed by atoms with Crippen molar-refractivity contribution in [2.75, 3.05) is 0 Å². The third kappa shape index (κ3) is 2.89. The number of hydrogen-bond acceptors (Lipinski definition) is 6. The van der Waals surface area contributed by atoms with E-state index in [2.05, 4.69) is 10.1 Å². The van der Waals surface area contributed by atoms with Gasteiger partial charge in [-0.25, -0.2) is 4.98 Å². The summed E-state index contributed by atoms with van der Waals surface area (Å²) in [4.78, 5) is 10.5. The summed E-state index contributed by atoms with van der Waals surface area (Å²) in [6.07, 6.45) is 1.56. The Morgan fingerprint density at radius 3 is 3.10 bits per heavy atom. The van der Waals surface area contributed by atoms with Crippen LogP contribution >= 0.6 is 22.7 Å². The van der Waals surface area contributed by atoms with E-state index in [4.69, 9.17) is 15.0 Å². The monoisotopic (exact) mass is 305 g/mol. The highest BCUT2D eigenvalue weighted by Crippen LogP contribution is 2.23. The minimum atomic E-state index is 0.222. The fraction of sp³-hybridized carbons (Fsp3) is 0.0769. The van der Waals surface area contributed by atoms with E-state index in [1.807, 2.05) is 34.3 Å². The molecule has 0 aliphatic carbocycles. The van der Waals surface area contributed by atoms with Gasteiger partial charge in [-0.1, -0.05) is 11.2 Å². The Morgan fingerprint density at radius 1 is 1.40 bits per heavy atom. The van der Waals surface area contributed by atoms with Gasteiger partial charge in [0.2, 0.25) is 5.89 Å². The molecule has 0 spiro atoms. The first-order chi connectivity index (χ1) is 9.83. The van der Waals surface area contributed by atoms with Crippen molar-refractivity contribution in [3.63, 3.8) is 0 Å². The van der Waals surface area contributed by atoms with Crippen LogP contribution in [0.15, 0.2) is 50.2 Å². The van der Waals surface area contributed by atoms with E-state index in [0.717, 1.165) is 10.4 Å². The molecule has 0 saturated heterocycles. The molecule has 0 atom stereocenters. The maximum atomic E-state index is 5.78. The van der Waals surface area contributed by atoms with E-state index in [1.54, 1.807) is 28.9 Å². The van der Waals surface area contributed by atoms with E-state index >= 15 is 0 Å². The van der Waals surface area contributed by atoms with E-state index in [-0.39, 0.29) is 6.61 Å². The summed E-state index contributed by atoms with van der Waals surface area (Å²) >= 11 is 3.13. The summed E-state index contributed by atoms with van der Waals surface area (Å²) in [5.41, 5.74) is 7.31. The zero-order valence-corrected chi connectivity index (χ0v) is 12.0. The van der Waals surface area contributed by atoms with Crippen molar-refractivity contribution < 1.29 is 9.25 Å². The molecule has 0 fully saturated rings. The van der Waals surface area contributed by atoms with Gasteiger partial charge in [-0.05, 0) is 22.9 Å². The first kappa shape index (κ1) is 12.9. The van der Waals surface area contributed by atoms with Crippen LogP contribution in [0, 0.1) is 0 Å². The Morgan fingerprint density at radius 2 is 2.35 bits per heavy atom. The predicted octanol–water partition coefficient (Wildman–Crippen LogP) is 3.30. The third-order valence-electron chi connectivity index (χ3n) is 2.48. The Bertz CT molecular complexity index is 687. The van der Waals surface area contributed by atoms with Gasteiger partial charge in [0.25, 0.3) is 0 Å². The van der Waals surface area contributed by atoms with Gasteiger partial charge < -0.3 is 15.0 Å². The molecular formula is C13H11N3O2S2. The molecule has 0 amide bonds. The number of nitrogens with two attached hydrogens (primary N) is 1. The average Bonchev–Trinajstić information content (AvgIpc) is 3.20. The SMILES string of the molecule is N/C(=N\OCc1coc(-c2cccs2)n1)c1ccsc1. The Labute approximate surface area is 123 Å². The van der Waals surface area contributed by atoms with Gasteiger partial charge in [-0.2, -0.15) is 11.3 Å². The smallest absolute Gasteiger partial charge is 0.236 e. The number of amidine groups is 1. The first-order valence-corrected chi connectivity index (χ1v) is 7.61. The summed E-state index contributed by atoms with van der Waals surface area (Å²) in [5.74, 6) is 0.946. The summed E-state index contributed by atoms with van der Waals surface area (Å²) in [5, 5.41) is 9.67. The van der Waals surface area contributed by atoms with Gasteiger partial charge in [-0.15, -0.1) is 11.3 Å². The molecule has 0 aliphatic rings. The molecule has 3 aromatic heterocycles. The Kier molecular flexibility index (Phi) is 3.80. The zero-order chi connectivity index (χ0) is 13.8. The van der Waals surface area contributed by atoms with E-state index in [0.29, 0.717) is 17.4 Å². The normalized spacial score (nSPS) is 11.7. The number of rotatable bonds is 5. The summed E-state index contributed by atoms with van der Waals surface area (Å²) in [6.45, 7) is 0.222. The van der Waals surface area contributed by atoms with Crippen molar-refractivity contribution in [1.82, 2.24) is 4.98 Å². The van der Waals surface area contributed by atoms with Crippen LogP contribution in [0.5, 0.6) is 0 Å². The quantitative estimate of drug-likeness (QED) is 0.446. The second-order valence-electron chi connectivity index (χ2n) is 3.88. The van der Waals surface area contributed by atoms with Gasteiger partial charge >= 0.3 is 0 Å². The van der Waals surface area contributed by atoms with Gasteiger partial charge in [0.15, 0.2) is 12.4 Å². The molecule has 0 aliphatic heterocycles. The maximum absolute atomic E-state index is 5.78. The van der Waals surface area contributed by atoms with Crippen LogP contribution in [-0.2, 0) is 11.4 Å². The van der Waals surface area contributed by atoms with Gasteiger partial charge in [0.1, 0.15) is 12.0 Å². The average molecular weight is 305 g/mol. The van der Waals surface area contributed by atoms with E-state index in [9.17, 15) is 0 Å². The molecule has 2 N–H and O–H groups in total. The Hall–Kier alpha value is -2.12.